The van der Waals surface area contributed by atoms with Crippen LogP contribution in [0.2, 0.25) is 0 Å². The molecular formula is C20H28O6. The lowest BCUT2D eigenvalue weighted by molar-refractivity contribution is -0.458. The minimum absolute atomic E-state index is 0.0966. The van der Waals surface area contributed by atoms with Crippen molar-refractivity contribution in [1.29, 1.82) is 0 Å². The van der Waals surface area contributed by atoms with E-state index in [-0.39, 0.29) is 12.0 Å². The van der Waals surface area contributed by atoms with Gasteiger partial charge in [-0.05, 0) is 42.6 Å². The molecule has 2 heterocycles. The van der Waals surface area contributed by atoms with E-state index in [1.54, 1.807) is 0 Å². The molecule has 9 atom stereocenters. The number of rotatable bonds is 0. The first-order valence-corrected chi connectivity index (χ1v) is 9.71. The van der Waals surface area contributed by atoms with Crippen LogP contribution < -0.4 is 0 Å². The third kappa shape index (κ3) is 1.41. The van der Waals surface area contributed by atoms with E-state index >= 15 is 0 Å². The monoisotopic (exact) mass is 364 g/mol. The average molecular weight is 364 g/mol. The standard InChI is InChI=1S/C20H28O6/c1-9-10-4-5-11-18-8-26-20(25,19(11,14(9)22)15(10)23)16(24)13(18)17(2,3)7-6-12(18)21/h10-13,15-16,21,23-25H,1,4-8H2,2-3H3/t10-,11?,12-,13+,15+,16-,18+,19-,20?/m0/s1. The van der Waals surface area contributed by atoms with Gasteiger partial charge in [-0.3, -0.25) is 4.79 Å². The van der Waals surface area contributed by atoms with Crippen LogP contribution in [-0.2, 0) is 9.53 Å². The van der Waals surface area contributed by atoms with Crippen LogP contribution >= 0.6 is 0 Å². The predicted octanol–water partition coefficient (Wildman–Crippen LogP) is 0.376. The summed E-state index contributed by atoms with van der Waals surface area (Å²) in [5, 5.41) is 45.1. The number of fused-ring (bicyclic) bond motifs is 2. The lowest BCUT2D eigenvalue weighted by Crippen LogP contribution is -2.85. The highest BCUT2D eigenvalue weighted by atomic mass is 16.6. The largest absolute Gasteiger partial charge is 0.392 e. The lowest BCUT2D eigenvalue weighted by atomic mass is 9.35. The highest BCUT2D eigenvalue weighted by Crippen LogP contribution is 2.76. The second-order valence-corrected chi connectivity index (χ2v) is 9.97. The second-order valence-electron chi connectivity index (χ2n) is 9.97. The Morgan fingerprint density at radius 1 is 1.12 bits per heavy atom. The molecule has 0 radical (unpaired) electrons. The highest BCUT2D eigenvalue weighted by molar-refractivity contribution is 6.05. The summed E-state index contributed by atoms with van der Waals surface area (Å²) in [6.45, 7) is 8.07. The summed E-state index contributed by atoms with van der Waals surface area (Å²) >= 11 is 0. The third-order valence-electron chi connectivity index (χ3n) is 8.88. The van der Waals surface area contributed by atoms with Crippen molar-refractivity contribution < 1.29 is 30.0 Å². The summed E-state index contributed by atoms with van der Waals surface area (Å²) in [6, 6.07) is 0. The van der Waals surface area contributed by atoms with Crippen LogP contribution in [0.1, 0.15) is 39.5 Å². The third-order valence-corrected chi connectivity index (χ3v) is 8.88. The van der Waals surface area contributed by atoms with Gasteiger partial charge in [0.05, 0.1) is 18.8 Å². The molecule has 6 heteroatoms. The summed E-state index contributed by atoms with van der Waals surface area (Å²) in [7, 11) is 0. The Balaban J connectivity index is 1.81. The van der Waals surface area contributed by atoms with Gasteiger partial charge in [0.25, 0.3) is 0 Å². The molecule has 4 bridgehead atoms. The maximum absolute atomic E-state index is 13.3. The molecule has 6 nitrogen and oxygen atoms in total. The number of hydrogen-bond acceptors (Lipinski definition) is 6. The van der Waals surface area contributed by atoms with Crippen molar-refractivity contribution in [2.75, 3.05) is 6.61 Å². The van der Waals surface area contributed by atoms with Gasteiger partial charge in [-0.15, -0.1) is 0 Å². The molecule has 6 fully saturated rings. The summed E-state index contributed by atoms with van der Waals surface area (Å²) in [5.74, 6) is -3.80. The van der Waals surface area contributed by atoms with Crippen molar-refractivity contribution in [3.05, 3.63) is 12.2 Å². The SMILES string of the molecule is C=C1C(=O)[C@@]23C(CC[C@@H]1[C@H]2O)[C@@]12COC3(O)[C@@H](O)[C@@H]1C(C)(C)CC[C@@H]2O. The van der Waals surface area contributed by atoms with Gasteiger partial charge in [-0.25, -0.2) is 0 Å². The molecule has 0 aromatic rings. The molecule has 2 saturated heterocycles. The molecular weight excluding hydrogens is 336 g/mol. The van der Waals surface area contributed by atoms with Crippen molar-refractivity contribution in [1.82, 2.24) is 0 Å². The number of carbonyl (C=O) groups excluding carboxylic acids is 1. The fourth-order valence-electron chi connectivity index (χ4n) is 7.90. The first-order valence-electron chi connectivity index (χ1n) is 9.71. The molecule has 4 aliphatic carbocycles. The zero-order chi connectivity index (χ0) is 18.9. The van der Waals surface area contributed by atoms with Crippen molar-refractivity contribution in [2.45, 2.75) is 63.6 Å². The van der Waals surface area contributed by atoms with Gasteiger partial charge in [-0.2, -0.15) is 0 Å². The van der Waals surface area contributed by atoms with Crippen LogP contribution in [0.4, 0.5) is 0 Å². The molecule has 2 unspecified atom stereocenters. The minimum Gasteiger partial charge on any atom is -0.392 e. The summed E-state index contributed by atoms with van der Waals surface area (Å²) in [6.07, 6.45) is -0.747. The van der Waals surface area contributed by atoms with Gasteiger partial charge in [0.2, 0.25) is 5.79 Å². The fraction of sp³-hybridized carbons (Fsp3) is 0.850. The van der Waals surface area contributed by atoms with E-state index in [1.807, 2.05) is 13.8 Å². The van der Waals surface area contributed by atoms with Crippen LogP contribution in [-0.4, -0.2) is 56.9 Å². The van der Waals surface area contributed by atoms with Gasteiger partial charge in [-0.1, -0.05) is 20.4 Å². The molecule has 4 N–H and O–H groups in total. The summed E-state index contributed by atoms with van der Waals surface area (Å²) < 4.78 is 5.80. The number of carbonyl (C=O) groups is 1. The Morgan fingerprint density at radius 2 is 1.81 bits per heavy atom. The second kappa shape index (κ2) is 4.61. The number of aliphatic hydroxyl groups excluding tert-OH is 3. The van der Waals surface area contributed by atoms with Gasteiger partial charge >= 0.3 is 0 Å². The van der Waals surface area contributed by atoms with Gasteiger partial charge in [0.1, 0.15) is 11.5 Å². The molecule has 2 aliphatic heterocycles. The maximum atomic E-state index is 13.3. The van der Waals surface area contributed by atoms with E-state index < -0.39 is 58.5 Å². The van der Waals surface area contributed by atoms with E-state index in [0.717, 1.165) is 6.42 Å². The van der Waals surface area contributed by atoms with Crippen LogP contribution in [0.3, 0.4) is 0 Å². The highest BCUT2D eigenvalue weighted by Gasteiger charge is 2.86. The Morgan fingerprint density at radius 3 is 2.50 bits per heavy atom. The number of hydrogen-bond donors (Lipinski definition) is 4. The number of ether oxygens (including phenoxy) is 1. The van der Waals surface area contributed by atoms with Crippen molar-refractivity contribution in [3.63, 3.8) is 0 Å². The van der Waals surface area contributed by atoms with E-state index in [4.69, 9.17) is 4.74 Å². The van der Waals surface area contributed by atoms with E-state index in [0.29, 0.717) is 24.8 Å². The van der Waals surface area contributed by atoms with Gasteiger partial charge in [0.15, 0.2) is 5.78 Å². The smallest absolute Gasteiger partial charge is 0.208 e. The minimum atomic E-state index is -2.15. The Kier molecular flexibility index (Phi) is 3.07. The molecule has 26 heavy (non-hydrogen) atoms. The molecule has 2 spiro atoms. The van der Waals surface area contributed by atoms with Crippen LogP contribution in [0.25, 0.3) is 0 Å². The molecule has 0 aromatic heterocycles. The number of ketones is 1. The quantitative estimate of drug-likeness (QED) is 0.463. The van der Waals surface area contributed by atoms with Gasteiger partial charge in [0, 0.05) is 17.3 Å². The predicted molar refractivity (Wildman–Crippen MR) is 90.7 cm³/mol. The Labute approximate surface area is 152 Å². The molecule has 6 aliphatic rings. The first kappa shape index (κ1) is 17.3. The average Bonchev–Trinajstić information content (AvgIpc) is 2.69. The van der Waals surface area contributed by atoms with Crippen LogP contribution in [0.15, 0.2) is 12.2 Å². The number of aliphatic hydroxyl groups is 4. The zero-order valence-corrected chi connectivity index (χ0v) is 15.3. The van der Waals surface area contributed by atoms with Crippen LogP contribution in [0.5, 0.6) is 0 Å². The summed E-state index contributed by atoms with van der Waals surface area (Å²) in [5.41, 5.74) is -2.49. The van der Waals surface area contributed by atoms with Crippen molar-refractivity contribution in [2.24, 2.45) is 34.0 Å². The Bertz CT molecular complexity index is 717. The van der Waals surface area contributed by atoms with E-state index in [2.05, 4.69) is 6.58 Å². The zero-order valence-electron chi connectivity index (χ0n) is 15.3. The topological polar surface area (TPSA) is 107 Å². The fourth-order valence-corrected chi connectivity index (χ4v) is 7.90. The Hall–Kier alpha value is -0.790. The van der Waals surface area contributed by atoms with Crippen molar-refractivity contribution >= 4 is 5.78 Å². The molecule has 0 amide bonds. The maximum Gasteiger partial charge on any atom is 0.208 e. The van der Waals surface area contributed by atoms with E-state index in [1.165, 1.54) is 0 Å². The van der Waals surface area contributed by atoms with Gasteiger partial charge < -0.3 is 25.2 Å². The molecule has 0 aromatic carbocycles. The normalized spacial score (nSPS) is 59.9. The summed E-state index contributed by atoms with van der Waals surface area (Å²) in [4.78, 5) is 13.3. The van der Waals surface area contributed by atoms with Crippen molar-refractivity contribution in [3.8, 4) is 0 Å². The first-order chi connectivity index (χ1) is 12.1. The number of Topliss-reactive ketones (excluding diaryl/α,β-unsaturated/α-hetero) is 1. The van der Waals surface area contributed by atoms with Crippen LogP contribution in [0, 0.1) is 34.0 Å². The van der Waals surface area contributed by atoms with E-state index in [9.17, 15) is 25.2 Å². The molecule has 4 saturated carbocycles. The lowest BCUT2D eigenvalue weighted by Gasteiger charge is -2.74. The molecule has 6 rings (SSSR count). The molecule has 144 valence electrons.